The summed E-state index contributed by atoms with van der Waals surface area (Å²) in [4.78, 5) is 0. The van der Waals surface area contributed by atoms with E-state index >= 15 is 0 Å². The number of halogens is 3. The van der Waals surface area contributed by atoms with E-state index in [1.807, 2.05) is 13.0 Å². The molecule has 0 atom stereocenters. The summed E-state index contributed by atoms with van der Waals surface area (Å²) in [5.41, 5.74) is 2.01. The van der Waals surface area contributed by atoms with Crippen molar-refractivity contribution in [1.29, 1.82) is 0 Å². The molecule has 1 aromatic carbocycles. The van der Waals surface area contributed by atoms with E-state index in [4.69, 9.17) is 11.6 Å². The van der Waals surface area contributed by atoms with Gasteiger partial charge >= 0.3 is 0 Å². The maximum absolute atomic E-state index is 12.8. The molecule has 0 saturated carbocycles. The molecule has 0 radical (unpaired) electrons. The van der Waals surface area contributed by atoms with Crippen molar-refractivity contribution in [2.75, 3.05) is 5.88 Å². The Bertz CT molecular complexity index is 334. The van der Waals surface area contributed by atoms with Crippen LogP contribution < -0.4 is 0 Å². The molecule has 3 heteroatoms. The molecule has 0 aliphatic carbocycles. The van der Waals surface area contributed by atoms with Gasteiger partial charge in [-0.1, -0.05) is 17.7 Å². The molecule has 0 nitrogen and oxygen atoms in total. The lowest BCUT2D eigenvalue weighted by atomic mass is 10.1. The minimum atomic E-state index is -0.249. The van der Waals surface area contributed by atoms with Crippen LogP contribution in [0.5, 0.6) is 0 Å². The third-order valence-electron chi connectivity index (χ3n) is 1.57. The average molecular weight is 264 g/mol. The van der Waals surface area contributed by atoms with Gasteiger partial charge in [0.1, 0.15) is 5.82 Å². The fraction of sp³-hybridized carbons (Fsp3) is 0.200. The van der Waals surface area contributed by atoms with Crippen LogP contribution in [0.1, 0.15) is 12.5 Å². The molecule has 0 heterocycles. The number of hydrogen-bond donors (Lipinski definition) is 0. The fourth-order valence-electron chi connectivity index (χ4n) is 0.925. The fourth-order valence-corrected chi connectivity index (χ4v) is 1.40. The van der Waals surface area contributed by atoms with Gasteiger partial charge in [-0.05, 0) is 40.5 Å². The number of rotatable bonds is 2. The standard InChI is InChI=1S/C10H9BrClF/c1-7(6-12)4-8-2-3-10(13)9(11)5-8/h2-5H,6H2,1H3. The summed E-state index contributed by atoms with van der Waals surface area (Å²) in [5.74, 6) is 0.246. The molecule has 0 fully saturated rings. The summed E-state index contributed by atoms with van der Waals surface area (Å²) in [5, 5.41) is 0. The molecule has 0 spiro atoms. The third kappa shape index (κ3) is 3.12. The zero-order chi connectivity index (χ0) is 9.84. The Morgan fingerprint density at radius 1 is 1.62 bits per heavy atom. The lowest BCUT2D eigenvalue weighted by Crippen LogP contribution is -1.81. The van der Waals surface area contributed by atoms with Gasteiger partial charge in [-0.25, -0.2) is 4.39 Å². The monoisotopic (exact) mass is 262 g/mol. The first-order valence-corrected chi connectivity index (χ1v) is 5.14. The Morgan fingerprint density at radius 3 is 2.85 bits per heavy atom. The van der Waals surface area contributed by atoms with Crippen molar-refractivity contribution in [3.8, 4) is 0 Å². The summed E-state index contributed by atoms with van der Waals surface area (Å²) >= 11 is 8.74. The van der Waals surface area contributed by atoms with Gasteiger partial charge in [0.25, 0.3) is 0 Å². The Morgan fingerprint density at radius 2 is 2.31 bits per heavy atom. The van der Waals surface area contributed by atoms with Crippen molar-refractivity contribution in [1.82, 2.24) is 0 Å². The Kier molecular flexibility index (Phi) is 3.94. The van der Waals surface area contributed by atoms with E-state index in [1.165, 1.54) is 6.07 Å². The van der Waals surface area contributed by atoms with Crippen molar-refractivity contribution in [3.63, 3.8) is 0 Å². The van der Waals surface area contributed by atoms with Gasteiger partial charge in [0, 0.05) is 5.88 Å². The molecule has 1 aromatic rings. The quantitative estimate of drug-likeness (QED) is 0.701. The highest BCUT2D eigenvalue weighted by Crippen LogP contribution is 2.18. The molecule has 0 aromatic heterocycles. The minimum absolute atomic E-state index is 0.249. The van der Waals surface area contributed by atoms with E-state index in [0.29, 0.717) is 10.4 Å². The second-order valence-corrected chi connectivity index (χ2v) is 3.92. The van der Waals surface area contributed by atoms with Gasteiger partial charge < -0.3 is 0 Å². The van der Waals surface area contributed by atoms with E-state index in [1.54, 1.807) is 12.1 Å². The summed E-state index contributed by atoms with van der Waals surface area (Å²) in [7, 11) is 0. The van der Waals surface area contributed by atoms with E-state index in [0.717, 1.165) is 11.1 Å². The van der Waals surface area contributed by atoms with Gasteiger partial charge in [0.15, 0.2) is 0 Å². The van der Waals surface area contributed by atoms with E-state index in [-0.39, 0.29) is 5.82 Å². The maximum atomic E-state index is 12.8. The topological polar surface area (TPSA) is 0 Å². The van der Waals surface area contributed by atoms with Crippen LogP contribution in [0.15, 0.2) is 28.2 Å². The summed E-state index contributed by atoms with van der Waals surface area (Å²) in [6.45, 7) is 1.93. The largest absolute Gasteiger partial charge is 0.206 e. The summed E-state index contributed by atoms with van der Waals surface area (Å²) in [6, 6.07) is 4.87. The molecule has 13 heavy (non-hydrogen) atoms. The van der Waals surface area contributed by atoms with Crippen LogP contribution in [0.3, 0.4) is 0 Å². The third-order valence-corrected chi connectivity index (χ3v) is 2.60. The molecule has 70 valence electrons. The number of alkyl halides is 1. The molecular weight excluding hydrogens is 254 g/mol. The second-order valence-electron chi connectivity index (χ2n) is 2.80. The van der Waals surface area contributed by atoms with E-state index < -0.39 is 0 Å². The molecule has 0 amide bonds. The lowest BCUT2D eigenvalue weighted by molar-refractivity contribution is 0.621. The molecule has 1 rings (SSSR count). The number of benzene rings is 1. The highest BCUT2D eigenvalue weighted by Gasteiger charge is 1.98. The van der Waals surface area contributed by atoms with Gasteiger partial charge in [-0.2, -0.15) is 0 Å². The van der Waals surface area contributed by atoms with Crippen LogP contribution in [-0.2, 0) is 0 Å². The zero-order valence-corrected chi connectivity index (χ0v) is 9.49. The van der Waals surface area contributed by atoms with Crippen LogP contribution in [-0.4, -0.2) is 5.88 Å². The van der Waals surface area contributed by atoms with Crippen molar-refractivity contribution in [2.45, 2.75) is 6.92 Å². The Balaban J connectivity index is 2.98. The summed E-state index contributed by atoms with van der Waals surface area (Å²) in [6.07, 6.45) is 1.93. The van der Waals surface area contributed by atoms with Gasteiger partial charge in [0.2, 0.25) is 0 Å². The maximum Gasteiger partial charge on any atom is 0.137 e. The summed E-state index contributed by atoms with van der Waals surface area (Å²) < 4.78 is 13.3. The predicted octanol–water partition coefficient (Wildman–Crippen LogP) is 4.23. The number of allylic oxidation sites excluding steroid dienone is 1. The molecule has 0 N–H and O–H groups in total. The molecule has 0 bridgehead atoms. The predicted molar refractivity (Wildman–Crippen MR) is 58.5 cm³/mol. The first-order chi connectivity index (χ1) is 6.13. The SMILES string of the molecule is CC(=Cc1ccc(F)c(Br)c1)CCl. The highest BCUT2D eigenvalue weighted by molar-refractivity contribution is 9.10. The van der Waals surface area contributed by atoms with Gasteiger partial charge in [-0.3, -0.25) is 0 Å². The Labute approximate surface area is 90.5 Å². The molecule has 0 aliphatic rings. The van der Waals surface area contributed by atoms with Gasteiger partial charge in [-0.15, -0.1) is 11.6 Å². The van der Waals surface area contributed by atoms with Crippen molar-refractivity contribution in [3.05, 3.63) is 39.6 Å². The zero-order valence-electron chi connectivity index (χ0n) is 7.15. The van der Waals surface area contributed by atoms with E-state index in [2.05, 4.69) is 15.9 Å². The van der Waals surface area contributed by atoms with E-state index in [9.17, 15) is 4.39 Å². The van der Waals surface area contributed by atoms with Crippen molar-refractivity contribution < 1.29 is 4.39 Å². The van der Waals surface area contributed by atoms with Crippen LogP contribution in [0.4, 0.5) is 4.39 Å². The van der Waals surface area contributed by atoms with Crippen LogP contribution in [0.2, 0.25) is 0 Å². The first kappa shape index (κ1) is 10.7. The molecular formula is C10H9BrClF. The van der Waals surface area contributed by atoms with Gasteiger partial charge in [0.05, 0.1) is 4.47 Å². The average Bonchev–Trinajstić information content (AvgIpc) is 2.11. The lowest BCUT2D eigenvalue weighted by Gasteiger charge is -1.98. The molecule has 0 saturated heterocycles. The van der Waals surface area contributed by atoms with Crippen molar-refractivity contribution >= 4 is 33.6 Å². The smallest absolute Gasteiger partial charge is 0.137 e. The van der Waals surface area contributed by atoms with Crippen LogP contribution >= 0.6 is 27.5 Å². The van der Waals surface area contributed by atoms with Crippen LogP contribution in [0, 0.1) is 5.82 Å². The first-order valence-electron chi connectivity index (χ1n) is 3.81. The Hall–Kier alpha value is -0.340. The highest BCUT2D eigenvalue weighted by atomic mass is 79.9. The molecule has 0 unspecified atom stereocenters. The molecule has 0 aliphatic heterocycles. The second kappa shape index (κ2) is 4.77. The minimum Gasteiger partial charge on any atom is -0.206 e. The number of hydrogen-bond acceptors (Lipinski definition) is 0. The van der Waals surface area contributed by atoms with Crippen LogP contribution in [0.25, 0.3) is 6.08 Å². The van der Waals surface area contributed by atoms with Crippen molar-refractivity contribution in [2.24, 2.45) is 0 Å². The normalized spacial score (nSPS) is 11.8.